The molecule has 0 unspecified atom stereocenters. The van der Waals surface area contributed by atoms with Crippen molar-refractivity contribution < 1.29 is 0 Å². The first-order chi connectivity index (χ1) is 7.65. The maximum atomic E-state index is 6.01. The lowest BCUT2D eigenvalue weighted by molar-refractivity contribution is 0.766. The van der Waals surface area contributed by atoms with E-state index in [1.54, 1.807) is 28.6 Å². The van der Waals surface area contributed by atoms with E-state index in [9.17, 15) is 0 Å². The van der Waals surface area contributed by atoms with Gasteiger partial charge in [-0.25, -0.2) is 4.98 Å². The molecule has 0 saturated carbocycles. The molecule has 0 fully saturated rings. The Labute approximate surface area is 108 Å². The number of rotatable bonds is 3. The predicted molar refractivity (Wildman–Crippen MR) is 67.0 cm³/mol. The summed E-state index contributed by atoms with van der Waals surface area (Å²) in [5.74, 6) is 0.686. The van der Waals surface area contributed by atoms with Gasteiger partial charge in [0.2, 0.25) is 0 Å². The molecule has 0 amide bonds. The molecule has 0 atom stereocenters. The molecule has 0 aliphatic heterocycles. The Morgan fingerprint density at radius 1 is 1.38 bits per heavy atom. The summed E-state index contributed by atoms with van der Waals surface area (Å²) in [7, 11) is 1.88. The number of aromatic nitrogens is 3. The Kier molecular flexibility index (Phi) is 3.74. The van der Waals surface area contributed by atoms with Crippen molar-refractivity contribution in [1.29, 1.82) is 0 Å². The fraction of sp³-hybridized carbons (Fsp3) is 0.200. The van der Waals surface area contributed by atoms with Crippen molar-refractivity contribution in [3.8, 4) is 0 Å². The van der Waals surface area contributed by atoms with Crippen molar-refractivity contribution in [2.75, 3.05) is 0 Å². The molecule has 16 heavy (non-hydrogen) atoms. The summed E-state index contributed by atoms with van der Waals surface area (Å²) in [5.41, 5.74) is 0.794. The third kappa shape index (κ3) is 2.90. The fourth-order valence-corrected chi connectivity index (χ4v) is 2.47. The largest absolute Gasteiger partial charge is 0.275 e. The van der Waals surface area contributed by atoms with Crippen LogP contribution in [0.15, 0.2) is 29.4 Å². The Bertz CT molecular complexity index is 499. The Balaban J connectivity index is 2.07. The summed E-state index contributed by atoms with van der Waals surface area (Å²) >= 11 is 13.4. The molecule has 2 heterocycles. The van der Waals surface area contributed by atoms with Crippen LogP contribution in [0.5, 0.6) is 0 Å². The molecule has 2 aromatic heterocycles. The highest BCUT2D eigenvalue weighted by molar-refractivity contribution is 7.98. The summed E-state index contributed by atoms with van der Waals surface area (Å²) in [5, 5.41) is 5.19. The maximum Gasteiger partial charge on any atom is 0.129 e. The van der Waals surface area contributed by atoms with E-state index in [1.807, 2.05) is 19.4 Å². The zero-order valence-electron chi connectivity index (χ0n) is 8.52. The van der Waals surface area contributed by atoms with E-state index in [0.717, 1.165) is 10.6 Å². The van der Waals surface area contributed by atoms with Crippen LogP contribution >= 0.6 is 35.0 Å². The van der Waals surface area contributed by atoms with Crippen molar-refractivity contribution >= 4 is 35.0 Å². The minimum Gasteiger partial charge on any atom is -0.275 e. The normalized spacial score (nSPS) is 10.7. The fourth-order valence-electron chi connectivity index (χ4n) is 1.18. The van der Waals surface area contributed by atoms with E-state index < -0.39 is 0 Å². The predicted octanol–water partition coefficient (Wildman–Crippen LogP) is 3.41. The van der Waals surface area contributed by atoms with Gasteiger partial charge >= 0.3 is 0 Å². The van der Waals surface area contributed by atoms with E-state index in [-0.39, 0.29) is 0 Å². The number of pyridine rings is 1. The van der Waals surface area contributed by atoms with E-state index in [1.165, 1.54) is 0 Å². The van der Waals surface area contributed by atoms with Crippen LogP contribution in [0.4, 0.5) is 0 Å². The Morgan fingerprint density at radius 3 is 2.88 bits per heavy atom. The molecule has 84 valence electrons. The SMILES string of the molecule is Cn1cc(SCc2nc(Cl)ccc2Cl)cn1. The van der Waals surface area contributed by atoms with Gasteiger partial charge in [-0.2, -0.15) is 5.10 Å². The second-order valence-corrected chi connectivity index (χ2v) is 5.04. The zero-order chi connectivity index (χ0) is 11.5. The number of thioether (sulfide) groups is 1. The van der Waals surface area contributed by atoms with Crippen LogP contribution in [0.1, 0.15) is 5.69 Å². The maximum absolute atomic E-state index is 6.01. The van der Waals surface area contributed by atoms with Crippen LogP contribution in [-0.2, 0) is 12.8 Å². The molecule has 0 bridgehead atoms. The summed E-state index contributed by atoms with van der Waals surface area (Å²) in [6.07, 6.45) is 3.76. The molecule has 0 aliphatic carbocycles. The first-order valence-corrected chi connectivity index (χ1v) is 6.31. The minimum atomic E-state index is 0.464. The monoisotopic (exact) mass is 273 g/mol. The van der Waals surface area contributed by atoms with Gasteiger partial charge in [-0.1, -0.05) is 23.2 Å². The molecule has 3 nitrogen and oxygen atoms in total. The average Bonchev–Trinajstić information content (AvgIpc) is 2.66. The van der Waals surface area contributed by atoms with Crippen molar-refractivity contribution in [3.05, 3.63) is 40.4 Å². The molecule has 6 heteroatoms. The standard InChI is InChI=1S/C10H9Cl2N3S/c1-15-5-7(4-13-15)16-6-9-8(11)2-3-10(12)14-9/h2-5H,6H2,1H3. The third-order valence-electron chi connectivity index (χ3n) is 1.94. The number of hydrogen-bond acceptors (Lipinski definition) is 3. The van der Waals surface area contributed by atoms with Crippen molar-refractivity contribution in [2.24, 2.45) is 7.05 Å². The second-order valence-electron chi connectivity index (χ2n) is 3.20. The van der Waals surface area contributed by atoms with Crippen LogP contribution in [0.2, 0.25) is 10.2 Å². The lowest BCUT2D eigenvalue weighted by Gasteiger charge is -2.02. The summed E-state index contributed by atoms with van der Waals surface area (Å²) in [6, 6.07) is 3.44. The smallest absolute Gasteiger partial charge is 0.129 e. The van der Waals surface area contributed by atoms with Crippen molar-refractivity contribution in [3.63, 3.8) is 0 Å². The van der Waals surface area contributed by atoms with Gasteiger partial charge in [-0.3, -0.25) is 4.68 Å². The number of hydrogen-bond donors (Lipinski definition) is 0. The molecule has 2 rings (SSSR count). The van der Waals surface area contributed by atoms with E-state index in [4.69, 9.17) is 23.2 Å². The van der Waals surface area contributed by atoms with Crippen LogP contribution in [-0.4, -0.2) is 14.8 Å². The van der Waals surface area contributed by atoms with Crippen LogP contribution in [0, 0.1) is 0 Å². The van der Waals surface area contributed by atoms with E-state index in [2.05, 4.69) is 10.1 Å². The number of aryl methyl sites for hydroxylation is 1. The van der Waals surface area contributed by atoms with Gasteiger partial charge in [0.05, 0.1) is 16.9 Å². The van der Waals surface area contributed by atoms with Gasteiger partial charge in [-0.05, 0) is 12.1 Å². The van der Waals surface area contributed by atoms with Gasteiger partial charge in [0, 0.05) is 23.9 Å². The minimum absolute atomic E-state index is 0.464. The van der Waals surface area contributed by atoms with Gasteiger partial charge in [-0.15, -0.1) is 11.8 Å². The topological polar surface area (TPSA) is 30.7 Å². The molecule has 0 spiro atoms. The van der Waals surface area contributed by atoms with Crippen molar-refractivity contribution in [2.45, 2.75) is 10.6 Å². The molecule has 0 aliphatic rings. The molecule has 2 aromatic rings. The van der Waals surface area contributed by atoms with Gasteiger partial charge in [0.25, 0.3) is 0 Å². The lowest BCUT2D eigenvalue weighted by Crippen LogP contribution is -1.88. The highest BCUT2D eigenvalue weighted by atomic mass is 35.5. The van der Waals surface area contributed by atoms with E-state index in [0.29, 0.717) is 15.9 Å². The van der Waals surface area contributed by atoms with Crippen LogP contribution in [0.3, 0.4) is 0 Å². The van der Waals surface area contributed by atoms with E-state index >= 15 is 0 Å². The van der Waals surface area contributed by atoms with Crippen LogP contribution in [0.25, 0.3) is 0 Å². The van der Waals surface area contributed by atoms with Crippen molar-refractivity contribution in [1.82, 2.24) is 14.8 Å². The lowest BCUT2D eigenvalue weighted by atomic mass is 10.4. The first-order valence-electron chi connectivity index (χ1n) is 4.57. The zero-order valence-corrected chi connectivity index (χ0v) is 10.9. The highest BCUT2D eigenvalue weighted by Crippen LogP contribution is 2.25. The van der Waals surface area contributed by atoms with Gasteiger partial charge < -0.3 is 0 Å². The summed E-state index contributed by atoms with van der Waals surface area (Å²) in [4.78, 5) is 5.26. The number of nitrogens with zero attached hydrogens (tertiary/aromatic N) is 3. The van der Waals surface area contributed by atoms with Crippen LogP contribution < -0.4 is 0 Å². The van der Waals surface area contributed by atoms with Gasteiger partial charge in [0.1, 0.15) is 5.15 Å². The molecular weight excluding hydrogens is 265 g/mol. The highest BCUT2D eigenvalue weighted by Gasteiger charge is 2.05. The molecule has 0 N–H and O–H groups in total. The Morgan fingerprint density at radius 2 is 2.19 bits per heavy atom. The molecule has 0 saturated heterocycles. The Hall–Kier alpha value is -0.710. The average molecular weight is 274 g/mol. The molecule has 0 aromatic carbocycles. The summed E-state index contributed by atoms with van der Waals surface area (Å²) in [6.45, 7) is 0. The van der Waals surface area contributed by atoms with Gasteiger partial charge in [0.15, 0.2) is 0 Å². The molecular formula is C10H9Cl2N3S. The molecule has 0 radical (unpaired) electrons. The first kappa shape index (κ1) is 11.8. The third-order valence-corrected chi connectivity index (χ3v) is 3.46. The summed E-state index contributed by atoms with van der Waals surface area (Å²) < 4.78 is 1.76. The quantitative estimate of drug-likeness (QED) is 0.634. The number of halogens is 2. The second kappa shape index (κ2) is 5.08.